The van der Waals surface area contributed by atoms with E-state index in [-0.39, 0.29) is 12.0 Å². The molecule has 1 aromatic heterocycles. The van der Waals surface area contributed by atoms with E-state index in [2.05, 4.69) is 20.6 Å². The Morgan fingerprint density at radius 2 is 1.90 bits per heavy atom. The van der Waals surface area contributed by atoms with Crippen LogP contribution in [0.1, 0.15) is 20.3 Å². The Morgan fingerprint density at radius 1 is 1.10 bits per heavy atom. The quantitative estimate of drug-likeness (QED) is 0.556. The van der Waals surface area contributed by atoms with E-state index in [1.54, 1.807) is 33.1 Å². The van der Waals surface area contributed by atoms with Gasteiger partial charge in [-0.1, -0.05) is 12.1 Å². The molecule has 2 aromatic carbocycles. The number of aromatic nitrogens is 2. The largest absolute Gasteiger partial charge is 0.447 e. The Labute approximate surface area is 168 Å². The van der Waals surface area contributed by atoms with E-state index in [9.17, 15) is 9.59 Å². The lowest BCUT2D eigenvalue weighted by Crippen LogP contribution is -2.17. The molecule has 0 aliphatic heterocycles. The van der Waals surface area contributed by atoms with Gasteiger partial charge in [0.2, 0.25) is 5.91 Å². The molecule has 0 aliphatic rings. The van der Waals surface area contributed by atoms with Crippen molar-refractivity contribution in [3.63, 3.8) is 0 Å². The minimum atomic E-state index is -0.507. The summed E-state index contributed by atoms with van der Waals surface area (Å²) in [5.74, 6) is 0.549. The second-order valence-electron chi connectivity index (χ2n) is 6.77. The number of imidazole rings is 1. The van der Waals surface area contributed by atoms with Crippen LogP contribution in [0.2, 0.25) is 0 Å². The first-order valence-electron chi connectivity index (χ1n) is 9.31. The van der Waals surface area contributed by atoms with E-state index >= 15 is 0 Å². The zero-order chi connectivity index (χ0) is 20.8. The molecule has 0 atom stereocenters. The fourth-order valence-electron chi connectivity index (χ4n) is 2.74. The molecule has 0 saturated heterocycles. The van der Waals surface area contributed by atoms with Crippen molar-refractivity contribution in [3.05, 3.63) is 42.5 Å². The van der Waals surface area contributed by atoms with E-state index in [0.29, 0.717) is 35.7 Å². The number of benzene rings is 2. The summed E-state index contributed by atoms with van der Waals surface area (Å²) in [6.45, 7) is 3.95. The minimum Gasteiger partial charge on any atom is -0.447 e. The number of aromatic amines is 1. The topological polar surface area (TPSA) is 105 Å². The molecule has 0 aliphatic carbocycles. The molecule has 0 radical (unpaired) electrons. The van der Waals surface area contributed by atoms with Crippen LogP contribution < -0.4 is 10.6 Å². The van der Waals surface area contributed by atoms with Crippen molar-refractivity contribution in [1.82, 2.24) is 9.97 Å². The van der Waals surface area contributed by atoms with Gasteiger partial charge in [0.25, 0.3) is 0 Å². The monoisotopic (exact) mass is 396 g/mol. The Hall–Kier alpha value is -3.39. The van der Waals surface area contributed by atoms with Crippen LogP contribution >= 0.6 is 0 Å². The molecule has 3 rings (SSSR count). The van der Waals surface area contributed by atoms with E-state index in [4.69, 9.17) is 9.47 Å². The van der Waals surface area contributed by atoms with Gasteiger partial charge in [0.05, 0.1) is 30.2 Å². The highest BCUT2D eigenvalue weighted by atomic mass is 16.6. The van der Waals surface area contributed by atoms with Crippen LogP contribution in [0.25, 0.3) is 22.4 Å². The van der Waals surface area contributed by atoms with Gasteiger partial charge in [-0.3, -0.25) is 10.1 Å². The number of ether oxygens (including phenoxy) is 2. The first kappa shape index (κ1) is 20.3. The number of fused-ring (bicyclic) bond motifs is 1. The Balaban J connectivity index is 1.77. The second kappa shape index (κ2) is 9.20. The van der Waals surface area contributed by atoms with E-state index < -0.39 is 6.09 Å². The maximum absolute atomic E-state index is 11.9. The van der Waals surface area contributed by atoms with Gasteiger partial charge in [-0.2, -0.15) is 0 Å². The zero-order valence-electron chi connectivity index (χ0n) is 16.6. The number of nitrogens with one attached hydrogen (secondary N) is 3. The first-order valence-corrected chi connectivity index (χ1v) is 9.31. The van der Waals surface area contributed by atoms with Gasteiger partial charge >= 0.3 is 6.09 Å². The summed E-state index contributed by atoms with van der Waals surface area (Å²) in [5.41, 5.74) is 3.65. The molecule has 0 spiro atoms. The summed E-state index contributed by atoms with van der Waals surface area (Å²) in [7, 11) is 1.56. The molecule has 0 bridgehead atoms. The summed E-state index contributed by atoms with van der Waals surface area (Å²) in [6.07, 6.45) is -0.412. The average Bonchev–Trinajstić information content (AvgIpc) is 3.09. The zero-order valence-corrected chi connectivity index (χ0v) is 16.6. The fourth-order valence-corrected chi connectivity index (χ4v) is 2.74. The normalized spacial score (nSPS) is 10.9. The van der Waals surface area contributed by atoms with Crippen LogP contribution in [0.3, 0.4) is 0 Å². The molecule has 8 nitrogen and oxygen atoms in total. The molecule has 3 N–H and O–H groups in total. The molecule has 29 heavy (non-hydrogen) atoms. The number of carbonyl (C=O) groups is 2. The van der Waals surface area contributed by atoms with Gasteiger partial charge in [0, 0.05) is 24.0 Å². The Morgan fingerprint density at radius 3 is 2.66 bits per heavy atom. The highest BCUT2D eigenvalue weighted by Crippen LogP contribution is 2.25. The van der Waals surface area contributed by atoms with Gasteiger partial charge in [0.1, 0.15) is 5.82 Å². The molecule has 0 unspecified atom stereocenters. The molecule has 2 amide bonds. The lowest BCUT2D eigenvalue weighted by Gasteiger charge is -2.09. The third kappa shape index (κ3) is 5.55. The number of methoxy groups -OCH3 is 1. The lowest BCUT2D eigenvalue weighted by molar-refractivity contribution is -0.117. The van der Waals surface area contributed by atoms with Crippen molar-refractivity contribution in [2.24, 2.45) is 0 Å². The first-order chi connectivity index (χ1) is 13.9. The summed E-state index contributed by atoms with van der Waals surface area (Å²) in [4.78, 5) is 31.5. The van der Waals surface area contributed by atoms with E-state index in [1.807, 2.05) is 30.3 Å². The number of nitrogens with zero attached hydrogens (tertiary/aromatic N) is 1. The highest BCUT2D eigenvalue weighted by molar-refractivity contribution is 5.92. The molecule has 152 valence electrons. The molecule has 1 heterocycles. The van der Waals surface area contributed by atoms with Crippen LogP contribution in [0, 0.1) is 0 Å². The summed E-state index contributed by atoms with van der Waals surface area (Å²) in [5, 5.41) is 5.53. The van der Waals surface area contributed by atoms with Crippen molar-refractivity contribution < 1.29 is 19.1 Å². The molecular formula is C21H24N4O4. The standard InChI is InChI=1S/C21H24N4O4/c1-13(2)29-21(27)23-16-7-8-17-18(12-16)25-20(24-17)14-5-4-6-15(11-14)22-19(26)9-10-28-3/h4-8,11-13H,9-10H2,1-3H3,(H,22,26)(H,23,27)(H,24,25). The van der Waals surface area contributed by atoms with E-state index in [0.717, 1.165) is 11.1 Å². The highest BCUT2D eigenvalue weighted by Gasteiger charge is 2.10. The van der Waals surface area contributed by atoms with Crippen LogP contribution in [0.5, 0.6) is 0 Å². The van der Waals surface area contributed by atoms with Crippen LogP contribution in [-0.2, 0) is 14.3 Å². The third-order valence-electron chi connectivity index (χ3n) is 4.03. The smallest absolute Gasteiger partial charge is 0.411 e. The summed E-state index contributed by atoms with van der Waals surface area (Å²) >= 11 is 0. The van der Waals surface area contributed by atoms with Crippen molar-refractivity contribution in [2.45, 2.75) is 26.4 Å². The predicted octanol–water partition coefficient (Wildman–Crippen LogP) is 4.16. The lowest BCUT2D eigenvalue weighted by atomic mass is 10.2. The van der Waals surface area contributed by atoms with Gasteiger partial charge in [-0.25, -0.2) is 9.78 Å². The molecule has 0 fully saturated rings. The second-order valence-corrected chi connectivity index (χ2v) is 6.77. The predicted molar refractivity (Wildman–Crippen MR) is 112 cm³/mol. The number of hydrogen-bond acceptors (Lipinski definition) is 5. The summed E-state index contributed by atoms with van der Waals surface area (Å²) in [6, 6.07) is 12.8. The Kier molecular flexibility index (Phi) is 6.46. The van der Waals surface area contributed by atoms with Gasteiger partial charge in [0.15, 0.2) is 0 Å². The van der Waals surface area contributed by atoms with Crippen molar-refractivity contribution in [3.8, 4) is 11.4 Å². The van der Waals surface area contributed by atoms with Crippen molar-refractivity contribution in [1.29, 1.82) is 0 Å². The van der Waals surface area contributed by atoms with Crippen LogP contribution in [-0.4, -0.2) is 41.8 Å². The van der Waals surface area contributed by atoms with Gasteiger partial charge in [-0.15, -0.1) is 0 Å². The van der Waals surface area contributed by atoms with Gasteiger partial charge < -0.3 is 19.8 Å². The summed E-state index contributed by atoms with van der Waals surface area (Å²) < 4.78 is 10.0. The number of H-pyrrole nitrogens is 1. The minimum absolute atomic E-state index is 0.113. The number of carbonyl (C=O) groups excluding carboxylic acids is 2. The van der Waals surface area contributed by atoms with Crippen molar-refractivity contribution >= 4 is 34.4 Å². The van der Waals surface area contributed by atoms with E-state index in [1.165, 1.54) is 0 Å². The number of hydrogen-bond donors (Lipinski definition) is 3. The molecular weight excluding hydrogens is 372 g/mol. The molecule has 8 heteroatoms. The van der Waals surface area contributed by atoms with Crippen LogP contribution in [0.4, 0.5) is 16.2 Å². The van der Waals surface area contributed by atoms with Crippen molar-refractivity contribution in [2.75, 3.05) is 24.4 Å². The fraction of sp³-hybridized carbons (Fsp3) is 0.286. The number of rotatable bonds is 7. The van der Waals surface area contributed by atoms with Gasteiger partial charge in [-0.05, 0) is 44.2 Å². The third-order valence-corrected chi connectivity index (χ3v) is 4.03. The maximum atomic E-state index is 11.9. The Bertz CT molecular complexity index is 1010. The number of anilines is 2. The maximum Gasteiger partial charge on any atom is 0.411 e. The van der Waals surface area contributed by atoms with Crippen LogP contribution in [0.15, 0.2) is 42.5 Å². The average molecular weight is 396 g/mol. The SMILES string of the molecule is COCCC(=O)Nc1cccc(-c2nc3cc(NC(=O)OC(C)C)ccc3[nH]2)c1. The number of amides is 2. The molecule has 3 aromatic rings. The molecule has 0 saturated carbocycles.